The van der Waals surface area contributed by atoms with Gasteiger partial charge in [0.2, 0.25) is 0 Å². The van der Waals surface area contributed by atoms with Crippen LogP contribution < -0.4 is 4.74 Å². The average Bonchev–Trinajstić information content (AvgIpc) is 2.34. The highest BCUT2D eigenvalue weighted by atomic mass is 35.5. The molecule has 0 aromatic heterocycles. The van der Waals surface area contributed by atoms with Crippen molar-refractivity contribution in [1.29, 1.82) is 0 Å². The van der Waals surface area contributed by atoms with Gasteiger partial charge in [-0.2, -0.15) is 0 Å². The number of hydrogen-bond acceptors (Lipinski definition) is 3. The van der Waals surface area contributed by atoms with Crippen molar-refractivity contribution in [3.63, 3.8) is 0 Å². The molecule has 0 N–H and O–H groups in total. The van der Waals surface area contributed by atoms with E-state index in [0.717, 1.165) is 0 Å². The molecule has 2 rings (SSSR count). The molecule has 3 nitrogen and oxygen atoms in total. The van der Waals surface area contributed by atoms with E-state index < -0.39 is 17.4 Å². The maximum Gasteiger partial charge on any atom is 0.310 e. The van der Waals surface area contributed by atoms with Gasteiger partial charge in [-0.15, -0.1) is 0 Å². The van der Waals surface area contributed by atoms with Crippen LogP contribution in [0.1, 0.15) is 45.7 Å². The summed E-state index contributed by atoms with van der Waals surface area (Å²) in [6.45, 7) is 9.88. The second kappa shape index (κ2) is 5.73. The highest BCUT2D eigenvalue weighted by molar-refractivity contribution is 6.31. The molecule has 5 heteroatoms. The molecule has 1 aliphatic rings. The van der Waals surface area contributed by atoms with Crippen LogP contribution in [0.2, 0.25) is 5.02 Å². The van der Waals surface area contributed by atoms with Crippen molar-refractivity contribution in [1.82, 2.24) is 0 Å². The van der Waals surface area contributed by atoms with Gasteiger partial charge in [-0.25, -0.2) is 4.39 Å². The second-order valence-electron chi connectivity index (χ2n) is 7.53. The first kappa shape index (κ1) is 17.1. The minimum Gasteiger partial charge on any atom is -0.493 e. The highest BCUT2D eigenvalue weighted by Crippen LogP contribution is 2.39. The van der Waals surface area contributed by atoms with Gasteiger partial charge in [0.1, 0.15) is 17.2 Å². The van der Waals surface area contributed by atoms with Gasteiger partial charge in [0, 0.05) is 11.0 Å². The molecule has 0 atom stereocenters. The standard InChI is InChI=1S/C17H22ClFO3/c1-16(2,3)22-13(20)7-10-6-12-11(15(19)14(10)18)8-17(4,5)9-21-12/h6H,7-9H2,1-5H3. The van der Waals surface area contributed by atoms with Crippen LogP contribution in [-0.4, -0.2) is 18.2 Å². The Bertz CT molecular complexity index is 603. The topological polar surface area (TPSA) is 35.5 Å². The summed E-state index contributed by atoms with van der Waals surface area (Å²) in [5.74, 6) is -0.463. The van der Waals surface area contributed by atoms with E-state index in [4.69, 9.17) is 21.1 Å². The Kier molecular flexibility index (Phi) is 4.44. The smallest absolute Gasteiger partial charge is 0.310 e. The Morgan fingerprint density at radius 2 is 2.09 bits per heavy atom. The zero-order valence-corrected chi connectivity index (χ0v) is 14.4. The molecule has 0 radical (unpaired) electrons. The minimum absolute atomic E-state index is 0.0223. The number of halogens is 2. The average molecular weight is 329 g/mol. The van der Waals surface area contributed by atoms with E-state index in [-0.39, 0.29) is 16.9 Å². The lowest BCUT2D eigenvalue weighted by atomic mass is 9.83. The predicted octanol–water partition coefficient (Wildman–Crippen LogP) is 4.32. The maximum atomic E-state index is 14.5. The Morgan fingerprint density at radius 3 is 2.68 bits per heavy atom. The number of hydrogen-bond donors (Lipinski definition) is 0. The molecule has 0 spiro atoms. The first-order chi connectivity index (χ1) is 9.98. The molecule has 122 valence electrons. The quantitative estimate of drug-likeness (QED) is 0.758. The third-order valence-corrected chi connectivity index (χ3v) is 3.78. The number of fused-ring (bicyclic) bond motifs is 1. The summed E-state index contributed by atoms with van der Waals surface area (Å²) in [7, 11) is 0. The fourth-order valence-corrected chi connectivity index (χ4v) is 2.68. The minimum atomic E-state index is -0.586. The Balaban J connectivity index is 2.28. The van der Waals surface area contributed by atoms with Gasteiger partial charge in [-0.1, -0.05) is 25.4 Å². The zero-order chi connectivity index (χ0) is 16.7. The molecular formula is C17H22ClFO3. The summed E-state index contributed by atoms with van der Waals surface area (Å²) in [5.41, 5.74) is 0.154. The fourth-order valence-electron chi connectivity index (χ4n) is 2.45. The van der Waals surface area contributed by atoms with Crippen LogP contribution in [0.25, 0.3) is 0 Å². The number of ether oxygens (including phenoxy) is 2. The Hall–Kier alpha value is -1.29. The van der Waals surface area contributed by atoms with Gasteiger partial charge < -0.3 is 9.47 Å². The normalized spacial score (nSPS) is 16.7. The largest absolute Gasteiger partial charge is 0.493 e. The Labute approximate surface area is 135 Å². The summed E-state index contributed by atoms with van der Waals surface area (Å²) in [6, 6.07) is 1.65. The lowest BCUT2D eigenvalue weighted by Crippen LogP contribution is -2.30. The van der Waals surface area contributed by atoms with Crippen molar-refractivity contribution in [2.24, 2.45) is 5.41 Å². The van der Waals surface area contributed by atoms with Crippen LogP contribution in [0.3, 0.4) is 0 Å². The van der Waals surface area contributed by atoms with Gasteiger partial charge in [0.05, 0.1) is 18.1 Å². The maximum absolute atomic E-state index is 14.5. The number of esters is 1. The Morgan fingerprint density at radius 1 is 1.45 bits per heavy atom. The van der Waals surface area contributed by atoms with E-state index in [1.807, 2.05) is 13.8 Å². The molecule has 1 aliphatic heterocycles. The molecule has 1 aromatic carbocycles. The van der Waals surface area contributed by atoms with Crippen LogP contribution in [-0.2, 0) is 22.4 Å². The van der Waals surface area contributed by atoms with E-state index in [2.05, 4.69) is 0 Å². The third kappa shape index (κ3) is 3.92. The molecule has 0 saturated heterocycles. The summed E-state index contributed by atoms with van der Waals surface area (Å²) < 4.78 is 25.4. The molecule has 1 aromatic rings. The van der Waals surface area contributed by atoms with Crippen molar-refractivity contribution in [3.05, 3.63) is 28.0 Å². The van der Waals surface area contributed by atoms with E-state index in [1.165, 1.54) is 0 Å². The van der Waals surface area contributed by atoms with E-state index >= 15 is 0 Å². The lowest BCUT2D eigenvalue weighted by molar-refractivity contribution is -0.153. The van der Waals surface area contributed by atoms with Crippen molar-refractivity contribution in [2.45, 2.75) is 53.1 Å². The van der Waals surface area contributed by atoms with Crippen LogP contribution in [0.4, 0.5) is 4.39 Å². The molecule has 0 saturated carbocycles. The molecule has 0 aliphatic carbocycles. The highest BCUT2D eigenvalue weighted by Gasteiger charge is 2.31. The SMILES string of the molecule is CC1(C)COc2cc(CC(=O)OC(C)(C)C)c(Cl)c(F)c2C1. The second-order valence-corrected chi connectivity index (χ2v) is 7.91. The van der Waals surface area contributed by atoms with Crippen molar-refractivity contribution in [3.8, 4) is 5.75 Å². The fraction of sp³-hybridized carbons (Fsp3) is 0.588. The van der Waals surface area contributed by atoms with Crippen molar-refractivity contribution >= 4 is 17.6 Å². The van der Waals surface area contributed by atoms with Gasteiger partial charge in [0.25, 0.3) is 0 Å². The molecule has 0 fully saturated rings. The third-order valence-electron chi connectivity index (χ3n) is 3.37. The van der Waals surface area contributed by atoms with Gasteiger partial charge in [0.15, 0.2) is 0 Å². The molecule has 0 amide bonds. The summed E-state index contributed by atoms with van der Waals surface area (Å²) in [5, 5.41) is -0.0223. The molecular weight excluding hydrogens is 307 g/mol. The first-order valence-electron chi connectivity index (χ1n) is 7.33. The van der Waals surface area contributed by atoms with Crippen LogP contribution >= 0.6 is 11.6 Å². The summed E-state index contributed by atoms with van der Waals surface area (Å²) >= 11 is 6.10. The van der Waals surface area contributed by atoms with Crippen LogP contribution in [0.5, 0.6) is 5.75 Å². The van der Waals surface area contributed by atoms with E-state index in [1.54, 1.807) is 26.8 Å². The van der Waals surface area contributed by atoms with Crippen LogP contribution in [0, 0.1) is 11.2 Å². The van der Waals surface area contributed by atoms with E-state index in [0.29, 0.717) is 29.9 Å². The van der Waals surface area contributed by atoms with Crippen LogP contribution in [0.15, 0.2) is 6.07 Å². The predicted molar refractivity (Wildman–Crippen MR) is 83.9 cm³/mol. The zero-order valence-electron chi connectivity index (χ0n) is 13.7. The first-order valence-corrected chi connectivity index (χ1v) is 7.71. The van der Waals surface area contributed by atoms with Gasteiger partial charge in [-0.05, 0) is 38.8 Å². The van der Waals surface area contributed by atoms with Crippen molar-refractivity contribution < 1.29 is 18.7 Å². The van der Waals surface area contributed by atoms with E-state index in [9.17, 15) is 9.18 Å². The molecule has 0 unspecified atom stereocenters. The lowest BCUT2D eigenvalue weighted by Gasteiger charge is -2.32. The monoisotopic (exact) mass is 328 g/mol. The molecule has 1 heterocycles. The number of carbonyl (C=O) groups excluding carboxylic acids is 1. The summed E-state index contributed by atoms with van der Waals surface area (Å²) in [4.78, 5) is 11.9. The van der Waals surface area contributed by atoms with Gasteiger partial charge in [-0.3, -0.25) is 4.79 Å². The number of benzene rings is 1. The molecule has 22 heavy (non-hydrogen) atoms. The van der Waals surface area contributed by atoms with Gasteiger partial charge >= 0.3 is 5.97 Å². The van der Waals surface area contributed by atoms with Crippen molar-refractivity contribution in [2.75, 3.05) is 6.61 Å². The number of rotatable bonds is 2. The number of carbonyl (C=O) groups is 1. The molecule has 0 bridgehead atoms. The summed E-state index contributed by atoms with van der Waals surface area (Å²) in [6.07, 6.45) is 0.480.